The number of halogens is 2. The van der Waals surface area contributed by atoms with Gasteiger partial charge in [0.1, 0.15) is 17.3 Å². The second-order valence-electron chi connectivity index (χ2n) is 7.77. The summed E-state index contributed by atoms with van der Waals surface area (Å²) < 4.78 is 23.3. The molecule has 1 aliphatic carbocycles. The van der Waals surface area contributed by atoms with Crippen LogP contribution in [0.25, 0.3) is 22.2 Å². The van der Waals surface area contributed by atoms with Crippen LogP contribution in [0.5, 0.6) is 5.75 Å². The van der Waals surface area contributed by atoms with Gasteiger partial charge in [-0.25, -0.2) is 4.39 Å². The molecular weight excluding hydrogens is 433 g/mol. The van der Waals surface area contributed by atoms with Crippen LogP contribution in [-0.2, 0) is 7.05 Å². The molecule has 2 aromatic carbocycles. The van der Waals surface area contributed by atoms with E-state index in [0.717, 1.165) is 40.8 Å². The fraction of sp³-hybridized carbons (Fsp3) is 0.435. The Labute approximate surface area is 179 Å². The van der Waals surface area contributed by atoms with Crippen LogP contribution >= 0.6 is 15.9 Å². The second kappa shape index (κ2) is 9.26. The minimum Gasteiger partial charge on any atom is -0.493 e. The standard InChI is InChI=1S/C23H27BrFN3O/c1-28-22-14-16(24)6-10-20(22)23(27-28)19-11-9-18(15-21(19)25)29-13-5-3-2-4-12-26-17-7-8-17/h6,9-11,14-15,17,26H,2-5,7-8,12-13H2,1H3. The maximum atomic E-state index is 14.8. The third-order valence-electron chi connectivity index (χ3n) is 5.36. The Hall–Kier alpha value is -1.92. The first-order valence-electron chi connectivity index (χ1n) is 10.4. The van der Waals surface area contributed by atoms with Crippen LogP contribution in [0, 0.1) is 5.82 Å². The Kier molecular flexibility index (Phi) is 6.50. The van der Waals surface area contributed by atoms with Crippen molar-refractivity contribution in [3.8, 4) is 17.0 Å². The Bertz CT molecular complexity index is 984. The van der Waals surface area contributed by atoms with E-state index in [2.05, 4.69) is 26.3 Å². The molecule has 4 nitrogen and oxygen atoms in total. The highest BCUT2D eigenvalue weighted by Gasteiger charge is 2.19. The Morgan fingerprint density at radius 1 is 1.14 bits per heavy atom. The highest BCUT2D eigenvalue weighted by Crippen LogP contribution is 2.32. The number of nitrogens with zero attached hydrogens (tertiary/aromatic N) is 2. The van der Waals surface area contributed by atoms with Crippen LogP contribution in [0.1, 0.15) is 38.5 Å². The molecule has 0 aliphatic heterocycles. The molecule has 154 valence electrons. The van der Waals surface area contributed by atoms with E-state index in [1.165, 1.54) is 31.7 Å². The normalized spacial score (nSPS) is 13.9. The highest BCUT2D eigenvalue weighted by molar-refractivity contribution is 9.10. The van der Waals surface area contributed by atoms with Gasteiger partial charge in [0.2, 0.25) is 0 Å². The van der Waals surface area contributed by atoms with Gasteiger partial charge in [0, 0.05) is 34.6 Å². The molecule has 29 heavy (non-hydrogen) atoms. The van der Waals surface area contributed by atoms with E-state index in [-0.39, 0.29) is 5.82 Å². The lowest BCUT2D eigenvalue weighted by Crippen LogP contribution is -2.17. The fourth-order valence-electron chi connectivity index (χ4n) is 3.57. The van der Waals surface area contributed by atoms with Crippen molar-refractivity contribution in [2.75, 3.05) is 13.2 Å². The molecule has 0 amide bonds. The van der Waals surface area contributed by atoms with Crippen LogP contribution in [0.4, 0.5) is 4.39 Å². The SMILES string of the molecule is Cn1nc(-c2ccc(OCCCCCCNC3CC3)cc2F)c2ccc(Br)cc21. The second-order valence-corrected chi connectivity index (χ2v) is 8.68. The van der Waals surface area contributed by atoms with Gasteiger partial charge in [0.05, 0.1) is 12.1 Å². The summed E-state index contributed by atoms with van der Waals surface area (Å²) in [6.07, 6.45) is 7.25. The van der Waals surface area contributed by atoms with E-state index >= 15 is 0 Å². The van der Waals surface area contributed by atoms with E-state index in [4.69, 9.17) is 4.74 Å². The third kappa shape index (κ3) is 5.17. The first-order chi connectivity index (χ1) is 14.1. The number of hydrogen-bond donors (Lipinski definition) is 1. The molecule has 0 unspecified atom stereocenters. The van der Waals surface area contributed by atoms with Crippen molar-refractivity contribution in [3.05, 3.63) is 46.7 Å². The van der Waals surface area contributed by atoms with Gasteiger partial charge in [-0.2, -0.15) is 5.10 Å². The zero-order chi connectivity index (χ0) is 20.2. The van der Waals surface area contributed by atoms with Crippen LogP contribution < -0.4 is 10.1 Å². The number of aryl methyl sites for hydroxylation is 1. The first kappa shape index (κ1) is 20.4. The average molecular weight is 460 g/mol. The monoisotopic (exact) mass is 459 g/mol. The van der Waals surface area contributed by atoms with E-state index < -0.39 is 0 Å². The molecule has 1 aliphatic rings. The smallest absolute Gasteiger partial charge is 0.136 e. The molecule has 3 aromatic rings. The fourth-order valence-corrected chi connectivity index (χ4v) is 3.92. The molecule has 0 saturated heterocycles. The summed E-state index contributed by atoms with van der Waals surface area (Å²) in [4.78, 5) is 0. The number of ether oxygens (including phenoxy) is 1. The van der Waals surface area contributed by atoms with Crippen molar-refractivity contribution in [1.82, 2.24) is 15.1 Å². The molecular formula is C23H27BrFN3O. The van der Waals surface area contributed by atoms with Gasteiger partial charge in [-0.3, -0.25) is 4.68 Å². The largest absolute Gasteiger partial charge is 0.493 e. The zero-order valence-corrected chi connectivity index (χ0v) is 18.3. The Morgan fingerprint density at radius 3 is 2.76 bits per heavy atom. The number of rotatable bonds is 10. The quantitative estimate of drug-likeness (QED) is 0.387. The molecule has 1 aromatic heterocycles. The maximum Gasteiger partial charge on any atom is 0.136 e. The van der Waals surface area contributed by atoms with Crippen molar-refractivity contribution in [2.45, 2.75) is 44.6 Å². The molecule has 0 spiro atoms. The minimum atomic E-state index is -0.309. The topological polar surface area (TPSA) is 39.1 Å². The predicted molar refractivity (Wildman–Crippen MR) is 119 cm³/mol. The van der Waals surface area contributed by atoms with Gasteiger partial charge >= 0.3 is 0 Å². The van der Waals surface area contributed by atoms with Gasteiger partial charge in [-0.05, 0) is 62.6 Å². The highest BCUT2D eigenvalue weighted by atomic mass is 79.9. The summed E-state index contributed by atoms with van der Waals surface area (Å²) in [6, 6.07) is 11.8. The van der Waals surface area contributed by atoms with Gasteiger partial charge < -0.3 is 10.1 Å². The lowest BCUT2D eigenvalue weighted by Gasteiger charge is -2.08. The molecule has 6 heteroatoms. The van der Waals surface area contributed by atoms with E-state index in [0.29, 0.717) is 23.6 Å². The molecule has 1 saturated carbocycles. The maximum absolute atomic E-state index is 14.8. The average Bonchev–Trinajstić information content (AvgIpc) is 3.47. The lowest BCUT2D eigenvalue weighted by atomic mass is 10.1. The summed E-state index contributed by atoms with van der Waals surface area (Å²) in [5.74, 6) is 0.265. The van der Waals surface area contributed by atoms with Gasteiger partial charge in [-0.15, -0.1) is 0 Å². The predicted octanol–water partition coefficient (Wildman–Crippen LogP) is 5.83. The van der Waals surface area contributed by atoms with Crippen LogP contribution in [0.2, 0.25) is 0 Å². The van der Waals surface area contributed by atoms with E-state index in [9.17, 15) is 4.39 Å². The summed E-state index contributed by atoms with van der Waals surface area (Å²) in [5, 5.41) is 8.99. The number of benzene rings is 2. The minimum absolute atomic E-state index is 0.309. The molecule has 1 N–H and O–H groups in total. The number of aromatic nitrogens is 2. The third-order valence-corrected chi connectivity index (χ3v) is 5.85. The summed E-state index contributed by atoms with van der Waals surface area (Å²) in [7, 11) is 1.87. The summed E-state index contributed by atoms with van der Waals surface area (Å²) in [5.41, 5.74) is 2.11. The van der Waals surface area contributed by atoms with Crippen molar-refractivity contribution in [2.24, 2.45) is 7.05 Å². The molecule has 1 fully saturated rings. The molecule has 1 heterocycles. The van der Waals surface area contributed by atoms with Crippen molar-refractivity contribution < 1.29 is 9.13 Å². The summed E-state index contributed by atoms with van der Waals surface area (Å²) in [6.45, 7) is 1.74. The zero-order valence-electron chi connectivity index (χ0n) is 16.8. The van der Waals surface area contributed by atoms with Crippen molar-refractivity contribution in [3.63, 3.8) is 0 Å². The molecule has 0 atom stereocenters. The lowest BCUT2D eigenvalue weighted by molar-refractivity contribution is 0.303. The molecule has 4 rings (SSSR count). The Morgan fingerprint density at radius 2 is 1.97 bits per heavy atom. The van der Waals surface area contributed by atoms with Crippen molar-refractivity contribution >= 4 is 26.8 Å². The van der Waals surface area contributed by atoms with Gasteiger partial charge in [0.15, 0.2) is 0 Å². The van der Waals surface area contributed by atoms with Crippen molar-refractivity contribution in [1.29, 1.82) is 0 Å². The van der Waals surface area contributed by atoms with Crippen LogP contribution in [0.15, 0.2) is 40.9 Å². The molecule has 0 radical (unpaired) electrons. The number of fused-ring (bicyclic) bond motifs is 1. The van der Waals surface area contributed by atoms with Crippen LogP contribution in [-0.4, -0.2) is 29.0 Å². The Balaban J connectivity index is 1.31. The number of hydrogen-bond acceptors (Lipinski definition) is 3. The van der Waals surface area contributed by atoms with E-state index in [1.54, 1.807) is 10.7 Å². The molecule has 0 bridgehead atoms. The van der Waals surface area contributed by atoms with Gasteiger partial charge in [0.25, 0.3) is 0 Å². The number of nitrogens with one attached hydrogen (secondary N) is 1. The first-order valence-corrected chi connectivity index (χ1v) is 11.2. The van der Waals surface area contributed by atoms with Gasteiger partial charge in [-0.1, -0.05) is 28.8 Å². The van der Waals surface area contributed by atoms with E-state index in [1.807, 2.05) is 31.3 Å². The number of unbranched alkanes of at least 4 members (excludes halogenated alkanes) is 3. The van der Waals surface area contributed by atoms with Crippen LogP contribution in [0.3, 0.4) is 0 Å². The summed E-state index contributed by atoms with van der Waals surface area (Å²) >= 11 is 3.48.